The van der Waals surface area contributed by atoms with Crippen LogP contribution in [-0.4, -0.2) is 17.7 Å². The van der Waals surface area contributed by atoms with Crippen LogP contribution in [0.4, 0.5) is 0 Å². The van der Waals surface area contributed by atoms with E-state index in [4.69, 9.17) is 4.74 Å². The van der Waals surface area contributed by atoms with Crippen molar-refractivity contribution in [1.82, 2.24) is 0 Å². The van der Waals surface area contributed by atoms with Gasteiger partial charge in [-0.25, -0.2) is 4.79 Å². The summed E-state index contributed by atoms with van der Waals surface area (Å²) in [6.07, 6.45) is 0. The van der Waals surface area contributed by atoms with Crippen molar-refractivity contribution in [1.29, 1.82) is 0 Å². The highest BCUT2D eigenvalue weighted by Crippen LogP contribution is 2.43. The Labute approximate surface area is 140 Å². The summed E-state index contributed by atoms with van der Waals surface area (Å²) in [7, 11) is 0. The van der Waals surface area contributed by atoms with E-state index in [0.717, 1.165) is 14.6 Å². The van der Waals surface area contributed by atoms with E-state index >= 15 is 0 Å². The molecule has 3 aromatic rings. The minimum Gasteiger partial charge on any atom is -0.462 e. The Morgan fingerprint density at radius 1 is 1.09 bits per heavy atom. The van der Waals surface area contributed by atoms with Crippen LogP contribution < -0.4 is 0 Å². The minimum absolute atomic E-state index is 0.339. The molecule has 0 aliphatic rings. The van der Waals surface area contributed by atoms with E-state index in [-0.39, 0.29) is 5.97 Å². The van der Waals surface area contributed by atoms with Crippen molar-refractivity contribution >= 4 is 40.0 Å². The number of esters is 1. The van der Waals surface area contributed by atoms with Gasteiger partial charge in [-0.2, -0.15) is 0 Å². The molecule has 1 N–H and O–H groups in total. The van der Waals surface area contributed by atoms with Gasteiger partial charge in [0, 0.05) is 14.6 Å². The third-order valence-corrected chi connectivity index (χ3v) is 6.33. The topological polar surface area (TPSA) is 46.5 Å². The molecule has 22 heavy (non-hydrogen) atoms. The molecule has 0 saturated carbocycles. The van der Waals surface area contributed by atoms with Crippen LogP contribution in [0, 0.1) is 0 Å². The molecule has 3 aromatic heterocycles. The maximum atomic E-state index is 11.9. The SMILES string of the molecule is CCOC(=O)c1ccc(C(O)(c2cccs2)c2cccs2)s1. The number of ether oxygens (including phenoxy) is 1. The molecule has 0 radical (unpaired) electrons. The Morgan fingerprint density at radius 2 is 1.73 bits per heavy atom. The summed E-state index contributed by atoms with van der Waals surface area (Å²) in [5.74, 6) is -0.349. The van der Waals surface area contributed by atoms with E-state index in [1.165, 1.54) is 34.0 Å². The van der Waals surface area contributed by atoms with E-state index < -0.39 is 5.60 Å². The van der Waals surface area contributed by atoms with E-state index in [1.54, 1.807) is 19.1 Å². The molecule has 3 heterocycles. The minimum atomic E-state index is -1.21. The van der Waals surface area contributed by atoms with Gasteiger partial charge in [-0.05, 0) is 41.9 Å². The van der Waals surface area contributed by atoms with Gasteiger partial charge in [-0.15, -0.1) is 34.0 Å². The van der Waals surface area contributed by atoms with Gasteiger partial charge in [-0.3, -0.25) is 0 Å². The molecule has 6 heteroatoms. The van der Waals surface area contributed by atoms with Crippen LogP contribution in [0.3, 0.4) is 0 Å². The van der Waals surface area contributed by atoms with Crippen molar-refractivity contribution in [2.75, 3.05) is 6.61 Å². The number of carbonyl (C=O) groups excluding carboxylic acids is 1. The fourth-order valence-corrected chi connectivity index (χ4v) is 5.09. The molecule has 0 aliphatic heterocycles. The van der Waals surface area contributed by atoms with Crippen molar-refractivity contribution in [3.05, 3.63) is 66.7 Å². The van der Waals surface area contributed by atoms with Crippen LogP contribution in [0.15, 0.2) is 47.2 Å². The van der Waals surface area contributed by atoms with Gasteiger partial charge < -0.3 is 9.84 Å². The molecule has 3 rings (SSSR count). The molecule has 114 valence electrons. The van der Waals surface area contributed by atoms with E-state index in [9.17, 15) is 9.90 Å². The zero-order chi connectivity index (χ0) is 15.6. The standard InChI is InChI=1S/C16H14O3S3/c1-2-19-15(17)11-7-8-14(22-11)16(18,12-5-3-9-20-12)13-6-4-10-21-13/h3-10,18H,2H2,1H3. The highest BCUT2D eigenvalue weighted by atomic mass is 32.1. The maximum absolute atomic E-state index is 11.9. The van der Waals surface area contributed by atoms with Gasteiger partial charge in [0.25, 0.3) is 0 Å². The summed E-state index contributed by atoms with van der Waals surface area (Å²) in [4.78, 5) is 14.8. The average molecular weight is 350 g/mol. The van der Waals surface area contributed by atoms with Gasteiger partial charge in [0.2, 0.25) is 0 Å². The normalized spacial score (nSPS) is 11.5. The van der Waals surface area contributed by atoms with Gasteiger partial charge in [0.1, 0.15) is 4.88 Å². The molecule has 0 aliphatic carbocycles. The lowest BCUT2D eigenvalue weighted by molar-refractivity contribution is 0.0532. The van der Waals surface area contributed by atoms with Gasteiger partial charge >= 0.3 is 5.97 Å². The summed E-state index contributed by atoms with van der Waals surface area (Å²) in [5.41, 5.74) is -1.21. The lowest BCUT2D eigenvalue weighted by Crippen LogP contribution is -2.25. The second-order valence-electron chi connectivity index (χ2n) is 4.55. The third kappa shape index (κ3) is 2.63. The molecule has 0 saturated heterocycles. The largest absolute Gasteiger partial charge is 0.462 e. The Hall–Kier alpha value is -1.47. The first-order valence-corrected chi connectivity index (χ1v) is 9.31. The number of hydrogen-bond donors (Lipinski definition) is 1. The summed E-state index contributed by atoms with van der Waals surface area (Å²) in [5, 5.41) is 15.3. The molecule has 0 amide bonds. The van der Waals surface area contributed by atoms with Crippen molar-refractivity contribution in [3.8, 4) is 0 Å². The van der Waals surface area contributed by atoms with E-state index in [2.05, 4.69) is 0 Å². The molecular weight excluding hydrogens is 336 g/mol. The Balaban J connectivity index is 2.06. The number of carbonyl (C=O) groups is 1. The Bertz CT molecular complexity index is 707. The second-order valence-corrected chi connectivity index (χ2v) is 7.53. The lowest BCUT2D eigenvalue weighted by Gasteiger charge is -2.24. The highest BCUT2D eigenvalue weighted by Gasteiger charge is 2.37. The monoisotopic (exact) mass is 350 g/mol. The molecule has 0 unspecified atom stereocenters. The van der Waals surface area contributed by atoms with Crippen molar-refractivity contribution in [3.63, 3.8) is 0 Å². The Morgan fingerprint density at radius 3 is 2.23 bits per heavy atom. The molecule has 0 bridgehead atoms. The molecule has 0 aromatic carbocycles. The summed E-state index contributed by atoms with van der Waals surface area (Å²) in [6.45, 7) is 2.12. The quantitative estimate of drug-likeness (QED) is 0.697. The fraction of sp³-hybridized carbons (Fsp3) is 0.188. The van der Waals surface area contributed by atoms with Crippen LogP contribution in [-0.2, 0) is 10.3 Å². The maximum Gasteiger partial charge on any atom is 0.348 e. The lowest BCUT2D eigenvalue weighted by atomic mass is 9.98. The smallest absolute Gasteiger partial charge is 0.348 e. The van der Waals surface area contributed by atoms with Crippen LogP contribution in [0.2, 0.25) is 0 Å². The molecule has 0 spiro atoms. The first-order valence-electron chi connectivity index (χ1n) is 6.74. The summed E-state index contributed by atoms with van der Waals surface area (Å²) in [6, 6.07) is 11.2. The van der Waals surface area contributed by atoms with Crippen LogP contribution in [0.5, 0.6) is 0 Å². The van der Waals surface area contributed by atoms with E-state index in [0.29, 0.717) is 11.5 Å². The van der Waals surface area contributed by atoms with E-state index in [1.807, 2.05) is 35.0 Å². The zero-order valence-electron chi connectivity index (χ0n) is 11.8. The average Bonchev–Trinajstić information content (AvgIpc) is 3.28. The predicted octanol–water partition coefficient (Wildman–Crippen LogP) is 4.33. The summed E-state index contributed by atoms with van der Waals surface area (Å²) < 4.78 is 5.03. The van der Waals surface area contributed by atoms with Gasteiger partial charge in [-0.1, -0.05) is 12.1 Å². The number of rotatable bonds is 5. The first kappa shape index (κ1) is 15.4. The fourth-order valence-electron chi connectivity index (χ4n) is 2.18. The van der Waals surface area contributed by atoms with Crippen molar-refractivity contribution in [2.24, 2.45) is 0 Å². The number of hydrogen-bond acceptors (Lipinski definition) is 6. The molecule has 0 fully saturated rings. The van der Waals surface area contributed by atoms with Crippen molar-refractivity contribution < 1.29 is 14.6 Å². The zero-order valence-corrected chi connectivity index (χ0v) is 14.3. The van der Waals surface area contributed by atoms with Gasteiger partial charge in [0.05, 0.1) is 6.61 Å². The van der Waals surface area contributed by atoms with Crippen LogP contribution in [0.25, 0.3) is 0 Å². The Kier molecular flexibility index (Phi) is 4.44. The third-order valence-electron chi connectivity index (χ3n) is 3.19. The first-order chi connectivity index (χ1) is 10.7. The molecule has 3 nitrogen and oxygen atoms in total. The highest BCUT2D eigenvalue weighted by molar-refractivity contribution is 7.15. The molecular formula is C16H14O3S3. The number of thiophene rings is 3. The van der Waals surface area contributed by atoms with Crippen LogP contribution >= 0.6 is 34.0 Å². The van der Waals surface area contributed by atoms with Crippen LogP contribution in [0.1, 0.15) is 31.2 Å². The second kappa shape index (κ2) is 6.34. The number of aliphatic hydroxyl groups is 1. The molecule has 0 atom stereocenters. The summed E-state index contributed by atoms with van der Waals surface area (Å²) >= 11 is 4.27. The van der Waals surface area contributed by atoms with Crippen molar-refractivity contribution in [2.45, 2.75) is 12.5 Å². The van der Waals surface area contributed by atoms with Gasteiger partial charge in [0.15, 0.2) is 5.60 Å². The predicted molar refractivity (Wildman–Crippen MR) is 91.0 cm³/mol.